The van der Waals surface area contributed by atoms with Crippen molar-refractivity contribution in [1.29, 1.82) is 0 Å². The van der Waals surface area contributed by atoms with Crippen molar-refractivity contribution in [2.45, 2.75) is 27.2 Å². The number of carboxylic acids is 1. The van der Waals surface area contributed by atoms with Crippen molar-refractivity contribution >= 4 is 28.2 Å². The van der Waals surface area contributed by atoms with Crippen LogP contribution in [0.25, 0.3) is 0 Å². The average molecular weight is 284 g/mol. The highest BCUT2D eigenvalue weighted by Crippen LogP contribution is 2.31. The second-order valence-electron chi connectivity index (χ2n) is 4.67. The Balaban J connectivity index is 2.51. The molecule has 1 aromatic heterocycles. The number of nitrogens with zero attached hydrogens (tertiary/aromatic N) is 1. The fraction of sp³-hybridized carbons (Fsp3) is 0.538. The predicted molar refractivity (Wildman–Crippen MR) is 76.9 cm³/mol. The molecule has 0 fully saturated rings. The number of hydrogen-bond acceptors (Lipinski definition) is 4. The van der Waals surface area contributed by atoms with Gasteiger partial charge in [-0.1, -0.05) is 0 Å². The molecule has 1 aromatic rings. The van der Waals surface area contributed by atoms with Gasteiger partial charge in [0.1, 0.15) is 0 Å². The molecule has 0 radical (unpaired) electrons. The molecule has 0 aliphatic carbocycles. The molecule has 0 spiro atoms. The first-order valence-electron chi connectivity index (χ1n) is 6.08. The predicted octanol–water partition coefficient (Wildman–Crippen LogP) is 2.02. The number of aryl methyl sites for hydroxylation is 1. The largest absolute Gasteiger partial charge is 0.481 e. The van der Waals surface area contributed by atoms with Crippen LogP contribution in [0.4, 0.5) is 5.00 Å². The van der Waals surface area contributed by atoms with Gasteiger partial charge in [0.2, 0.25) is 5.91 Å². The SMILES string of the molecule is Cc1sc(NC(=O)CN(C)CCC(=O)O)c(C)c1C. The van der Waals surface area contributed by atoms with Gasteiger partial charge in [-0.25, -0.2) is 0 Å². The third-order valence-electron chi connectivity index (χ3n) is 3.06. The number of thiophene rings is 1. The van der Waals surface area contributed by atoms with Gasteiger partial charge in [-0.2, -0.15) is 0 Å². The summed E-state index contributed by atoms with van der Waals surface area (Å²) in [5.74, 6) is -0.968. The maximum Gasteiger partial charge on any atom is 0.304 e. The number of likely N-dealkylation sites (N-methyl/N-ethyl adjacent to an activating group) is 1. The zero-order chi connectivity index (χ0) is 14.6. The number of rotatable bonds is 6. The van der Waals surface area contributed by atoms with Crippen LogP contribution in [0.1, 0.15) is 22.4 Å². The number of anilines is 1. The molecule has 2 N–H and O–H groups in total. The number of hydrogen-bond donors (Lipinski definition) is 2. The Morgan fingerprint density at radius 3 is 2.37 bits per heavy atom. The molecule has 0 aliphatic heterocycles. The van der Waals surface area contributed by atoms with Crippen LogP contribution in [0.5, 0.6) is 0 Å². The molecule has 0 bridgehead atoms. The zero-order valence-corrected chi connectivity index (χ0v) is 12.6. The van der Waals surface area contributed by atoms with Gasteiger partial charge in [-0.05, 0) is 38.9 Å². The van der Waals surface area contributed by atoms with E-state index in [0.717, 1.165) is 10.6 Å². The minimum atomic E-state index is -0.854. The third kappa shape index (κ3) is 4.65. The van der Waals surface area contributed by atoms with Crippen LogP contribution in [0.3, 0.4) is 0 Å². The van der Waals surface area contributed by atoms with Crippen LogP contribution >= 0.6 is 11.3 Å². The van der Waals surface area contributed by atoms with E-state index in [2.05, 4.69) is 5.32 Å². The summed E-state index contributed by atoms with van der Waals surface area (Å²) in [5.41, 5.74) is 2.31. The summed E-state index contributed by atoms with van der Waals surface area (Å²) in [4.78, 5) is 25.2. The minimum Gasteiger partial charge on any atom is -0.481 e. The number of nitrogens with one attached hydrogen (secondary N) is 1. The van der Waals surface area contributed by atoms with E-state index in [9.17, 15) is 9.59 Å². The highest BCUT2D eigenvalue weighted by atomic mass is 32.1. The molecule has 1 amide bonds. The highest BCUT2D eigenvalue weighted by Gasteiger charge is 2.13. The number of carbonyl (C=O) groups is 2. The quantitative estimate of drug-likeness (QED) is 0.838. The lowest BCUT2D eigenvalue weighted by Crippen LogP contribution is -2.31. The molecule has 1 heterocycles. The maximum absolute atomic E-state index is 11.8. The van der Waals surface area contributed by atoms with Crippen molar-refractivity contribution < 1.29 is 14.7 Å². The van der Waals surface area contributed by atoms with Gasteiger partial charge in [0, 0.05) is 11.4 Å². The fourth-order valence-corrected chi connectivity index (χ4v) is 2.72. The first-order valence-corrected chi connectivity index (χ1v) is 6.89. The lowest BCUT2D eigenvalue weighted by atomic mass is 10.2. The summed E-state index contributed by atoms with van der Waals surface area (Å²) in [6, 6.07) is 0. The Hall–Kier alpha value is -1.40. The van der Waals surface area contributed by atoms with Crippen molar-refractivity contribution in [3.63, 3.8) is 0 Å². The van der Waals surface area contributed by atoms with Gasteiger partial charge in [-0.3, -0.25) is 14.5 Å². The summed E-state index contributed by atoms with van der Waals surface area (Å²) in [7, 11) is 1.74. The monoisotopic (exact) mass is 284 g/mol. The molecular formula is C13H20N2O3S. The Bertz CT molecular complexity index is 482. The standard InChI is InChI=1S/C13H20N2O3S/c1-8-9(2)13(19-10(8)3)14-11(16)7-15(4)6-5-12(17)18/h5-7H2,1-4H3,(H,14,16)(H,17,18). The summed E-state index contributed by atoms with van der Waals surface area (Å²) in [5, 5.41) is 12.3. The van der Waals surface area contributed by atoms with Crippen LogP contribution in [-0.2, 0) is 9.59 Å². The van der Waals surface area contributed by atoms with Crippen LogP contribution in [0, 0.1) is 20.8 Å². The van der Waals surface area contributed by atoms with E-state index < -0.39 is 5.97 Å². The van der Waals surface area contributed by atoms with E-state index in [1.54, 1.807) is 23.3 Å². The van der Waals surface area contributed by atoms with Crippen molar-refractivity contribution in [3.05, 3.63) is 16.0 Å². The molecular weight excluding hydrogens is 264 g/mol. The minimum absolute atomic E-state index is 0.0417. The molecule has 0 aliphatic rings. The smallest absolute Gasteiger partial charge is 0.304 e. The molecule has 0 atom stereocenters. The number of carbonyl (C=O) groups excluding carboxylic acids is 1. The van der Waals surface area contributed by atoms with Gasteiger partial charge in [0.25, 0.3) is 0 Å². The van der Waals surface area contributed by atoms with Gasteiger partial charge in [0.05, 0.1) is 18.0 Å². The Morgan fingerprint density at radius 1 is 1.26 bits per heavy atom. The summed E-state index contributed by atoms with van der Waals surface area (Å²) < 4.78 is 0. The first kappa shape index (κ1) is 15.7. The van der Waals surface area contributed by atoms with Crippen LogP contribution < -0.4 is 5.32 Å². The second-order valence-corrected chi connectivity index (χ2v) is 5.89. The van der Waals surface area contributed by atoms with E-state index in [0.29, 0.717) is 6.54 Å². The summed E-state index contributed by atoms with van der Waals surface area (Å²) in [6.45, 7) is 6.62. The highest BCUT2D eigenvalue weighted by molar-refractivity contribution is 7.16. The molecule has 106 valence electrons. The van der Waals surface area contributed by atoms with Crippen LogP contribution in [0.15, 0.2) is 0 Å². The van der Waals surface area contributed by atoms with E-state index in [1.807, 2.05) is 20.8 Å². The number of aliphatic carboxylic acids is 1. The molecule has 6 heteroatoms. The Kier molecular flexibility index (Phi) is 5.50. The lowest BCUT2D eigenvalue weighted by Gasteiger charge is -2.14. The molecule has 0 saturated carbocycles. The van der Waals surface area contributed by atoms with E-state index in [1.165, 1.54) is 10.4 Å². The molecule has 0 unspecified atom stereocenters. The van der Waals surface area contributed by atoms with Crippen molar-refractivity contribution in [3.8, 4) is 0 Å². The number of amides is 1. The van der Waals surface area contributed by atoms with E-state index in [4.69, 9.17) is 5.11 Å². The second kappa shape index (κ2) is 6.68. The van der Waals surface area contributed by atoms with Crippen LogP contribution in [0.2, 0.25) is 0 Å². The maximum atomic E-state index is 11.8. The van der Waals surface area contributed by atoms with Gasteiger partial charge < -0.3 is 10.4 Å². The van der Waals surface area contributed by atoms with Gasteiger partial charge in [0.15, 0.2) is 0 Å². The zero-order valence-electron chi connectivity index (χ0n) is 11.7. The molecule has 1 rings (SSSR count). The first-order chi connectivity index (χ1) is 8.81. The van der Waals surface area contributed by atoms with Crippen molar-refractivity contribution in [1.82, 2.24) is 4.90 Å². The molecule has 5 nitrogen and oxygen atoms in total. The number of carboxylic acid groups (broad SMARTS) is 1. The van der Waals surface area contributed by atoms with Crippen molar-refractivity contribution in [2.24, 2.45) is 0 Å². The average Bonchev–Trinajstić information content (AvgIpc) is 2.54. The molecule has 0 aromatic carbocycles. The topological polar surface area (TPSA) is 69.6 Å². The van der Waals surface area contributed by atoms with Crippen LogP contribution in [-0.4, -0.2) is 42.0 Å². The van der Waals surface area contributed by atoms with E-state index >= 15 is 0 Å². The third-order valence-corrected chi connectivity index (χ3v) is 4.28. The van der Waals surface area contributed by atoms with Crippen molar-refractivity contribution in [2.75, 3.05) is 25.5 Å². The molecule has 19 heavy (non-hydrogen) atoms. The Labute approximate surface area is 117 Å². The summed E-state index contributed by atoms with van der Waals surface area (Å²) >= 11 is 1.57. The Morgan fingerprint density at radius 2 is 1.89 bits per heavy atom. The fourth-order valence-electron chi connectivity index (χ4n) is 1.64. The molecule has 0 saturated heterocycles. The van der Waals surface area contributed by atoms with Gasteiger partial charge in [-0.15, -0.1) is 11.3 Å². The normalized spacial score (nSPS) is 10.8. The van der Waals surface area contributed by atoms with E-state index in [-0.39, 0.29) is 18.9 Å². The van der Waals surface area contributed by atoms with Gasteiger partial charge >= 0.3 is 5.97 Å². The summed E-state index contributed by atoms with van der Waals surface area (Å²) in [6.07, 6.45) is 0.0417. The lowest BCUT2D eigenvalue weighted by molar-refractivity contribution is -0.137.